The lowest BCUT2D eigenvalue weighted by molar-refractivity contribution is 0.0730. The first-order valence-electron chi connectivity index (χ1n) is 10.1. The summed E-state index contributed by atoms with van der Waals surface area (Å²) in [5, 5.41) is 2.03. The second-order valence-electron chi connectivity index (χ2n) is 7.04. The van der Waals surface area contributed by atoms with Crippen molar-refractivity contribution in [2.75, 3.05) is 32.9 Å². The van der Waals surface area contributed by atoms with E-state index >= 15 is 0 Å². The summed E-state index contributed by atoms with van der Waals surface area (Å²) in [5.41, 5.74) is 2.76. The van der Waals surface area contributed by atoms with E-state index in [0.717, 1.165) is 27.5 Å². The zero-order valence-electron chi connectivity index (χ0n) is 17.5. The molecule has 1 aromatic heterocycles. The summed E-state index contributed by atoms with van der Waals surface area (Å²) in [6.45, 7) is 4.23. The van der Waals surface area contributed by atoms with Gasteiger partial charge in [0.05, 0.1) is 36.1 Å². The first-order chi connectivity index (χ1) is 15.0. The fourth-order valence-electron chi connectivity index (χ4n) is 3.36. The molecule has 2 heterocycles. The van der Waals surface area contributed by atoms with Gasteiger partial charge < -0.3 is 14.0 Å². The van der Waals surface area contributed by atoms with Crippen LogP contribution in [0.4, 0.5) is 5.69 Å². The Morgan fingerprint density at radius 1 is 1.06 bits per heavy atom. The van der Waals surface area contributed by atoms with E-state index in [9.17, 15) is 8.42 Å². The van der Waals surface area contributed by atoms with Crippen molar-refractivity contribution in [3.8, 4) is 17.0 Å². The van der Waals surface area contributed by atoms with Crippen LogP contribution in [0.25, 0.3) is 11.3 Å². The number of aromatic nitrogens is 1. The van der Waals surface area contributed by atoms with Gasteiger partial charge in [0.15, 0.2) is 4.80 Å². The van der Waals surface area contributed by atoms with E-state index < -0.39 is 10.0 Å². The molecule has 0 amide bonds. The van der Waals surface area contributed by atoms with Crippen LogP contribution in [0.3, 0.4) is 0 Å². The van der Waals surface area contributed by atoms with E-state index in [1.165, 1.54) is 15.6 Å². The molecule has 0 radical (unpaired) electrons. The van der Waals surface area contributed by atoms with Crippen LogP contribution in [-0.4, -0.2) is 50.2 Å². The van der Waals surface area contributed by atoms with Crippen LogP contribution in [0.15, 0.2) is 63.8 Å². The van der Waals surface area contributed by atoms with Crippen molar-refractivity contribution in [1.29, 1.82) is 0 Å². The lowest BCUT2D eigenvalue weighted by Crippen LogP contribution is -2.40. The molecule has 2 aromatic carbocycles. The number of ether oxygens (including phenoxy) is 2. The molecule has 9 heteroatoms. The van der Waals surface area contributed by atoms with E-state index in [1.54, 1.807) is 12.1 Å². The van der Waals surface area contributed by atoms with Crippen LogP contribution in [0.2, 0.25) is 0 Å². The Hall–Kier alpha value is -2.46. The maximum atomic E-state index is 12.8. The molecule has 0 saturated carbocycles. The number of morpholine rings is 1. The van der Waals surface area contributed by atoms with Crippen LogP contribution < -0.4 is 9.54 Å². The molecule has 31 heavy (non-hydrogen) atoms. The molecule has 164 valence electrons. The van der Waals surface area contributed by atoms with Crippen molar-refractivity contribution >= 4 is 27.0 Å². The Balaban J connectivity index is 1.57. The van der Waals surface area contributed by atoms with Gasteiger partial charge in [0.1, 0.15) is 5.75 Å². The lowest BCUT2D eigenvalue weighted by atomic mass is 10.2. The fourth-order valence-corrected chi connectivity index (χ4v) is 5.69. The highest BCUT2D eigenvalue weighted by atomic mass is 32.2. The van der Waals surface area contributed by atoms with Crippen molar-refractivity contribution in [2.45, 2.75) is 11.8 Å². The molecule has 4 rings (SSSR count). The van der Waals surface area contributed by atoms with Crippen molar-refractivity contribution < 1.29 is 17.9 Å². The van der Waals surface area contributed by atoms with Gasteiger partial charge in [-0.15, -0.1) is 11.3 Å². The van der Waals surface area contributed by atoms with Crippen molar-refractivity contribution in [2.24, 2.45) is 12.0 Å². The van der Waals surface area contributed by atoms with Gasteiger partial charge in [-0.3, -0.25) is 0 Å². The molecule has 0 N–H and O–H groups in total. The molecule has 0 atom stereocenters. The number of rotatable bonds is 6. The Morgan fingerprint density at radius 3 is 2.39 bits per heavy atom. The Morgan fingerprint density at radius 2 is 1.74 bits per heavy atom. The van der Waals surface area contributed by atoms with Crippen LogP contribution in [0.5, 0.6) is 5.75 Å². The summed E-state index contributed by atoms with van der Waals surface area (Å²) < 4.78 is 39.8. The van der Waals surface area contributed by atoms with Gasteiger partial charge in [0.25, 0.3) is 0 Å². The predicted molar refractivity (Wildman–Crippen MR) is 121 cm³/mol. The van der Waals surface area contributed by atoms with Crippen LogP contribution in [-0.2, 0) is 21.8 Å². The molecule has 0 aliphatic carbocycles. The van der Waals surface area contributed by atoms with Crippen LogP contribution in [0, 0.1) is 0 Å². The Bertz CT molecular complexity index is 1190. The second kappa shape index (κ2) is 9.35. The normalized spacial score (nSPS) is 15.9. The molecular weight excluding hydrogens is 434 g/mol. The summed E-state index contributed by atoms with van der Waals surface area (Å²) >= 11 is 1.54. The molecule has 1 fully saturated rings. The summed E-state index contributed by atoms with van der Waals surface area (Å²) in [4.78, 5) is 5.87. The van der Waals surface area contributed by atoms with E-state index in [0.29, 0.717) is 37.8 Å². The van der Waals surface area contributed by atoms with Crippen molar-refractivity contribution in [3.63, 3.8) is 0 Å². The zero-order chi connectivity index (χ0) is 21.8. The SMILES string of the molecule is CCOc1ccc(N=c2scc(-c3ccc(S(=O)(=O)N4CCOCC4)cc3)n2C)cc1. The molecule has 1 saturated heterocycles. The lowest BCUT2D eigenvalue weighted by Gasteiger charge is -2.26. The molecular formula is C22H25N3O4S2. The van der Waals surface area contributed by atoms with Gasteiger partial charge in [-0.05, 0) is 48.9 Å². The quantitative estimate of drug-likeness (QED) is 0.566. The smallest absolute Gasteiger partial charge is 0.243 e. The number of benzene rings is 2. The molecule has 7 nitrogen and oxygen atoms in total. The van der Waals surface area contributed by atoms with E-state index in [-0.39, 0.29) is 0 Å². The largest absolute Gasteiger partial charge is 0.494 e. The molecule has 3 aromatic rings. The third-order valence-electron chi connectivity index (χ3n) is 5.05. The summed E-state index contributed by atoms with van der Waals surface area (Å²) in [7, 11) is -1.54. The van der Waals surface area contributed by atoms with E-state index in [4.69, 9.17) is 14.5 Å². The number of hydrogen-bond donors (Lipinski definition) is 0. The standard InChI is InChI=1S/C22H25N3O4S2/c1-3-29-19-8-6-18(7-9-19)23-22-24(2)21(16-30-22)17-4-10-20(11-5-17)31(26,27)25-12-14-28-15-13-25/h4-11,16H,3,12-15H2,1-2H3. The van der Waals surface area contributed by atoms with Crippen LogP contribution in [0.1, 0.15) is 6.92 Å². The minimum absolute atomic E-state index is 0.301. The van der Waals surface area contributed by atoms with Gasteiger partial charge in [0, 0.05) is 25.5 Å². The summed E-state index contributed by atoms with van der Waals surface area (Å²) in [6, 6.07) is 14.7. The maximum absolute atomic E-state index is 12.8. The Labute approximate surface area is 186 Å². The van der Waals surface area contributed by atoms with Gasteiger partial charge in [-0.2, -0.15) is 4.31 Å². The van der Waals surface area contributed by atoms with Gasteiger partial charge in [0.2, 0.25) is 10.0 Å². The first-order valence-corrected chi connectivity index (χ1v) is 12.4. The first kappa shape index (κ1) is 21.8. The van der Waals surface area contributed by atoms with Crippen molar-refractivity contribution in [1.82, 2.24) is 8.87 Å². The van der Waals surface area contributed by atoms with Gasteiger partial charge in [-0.1, -0.05) is 12.1 Å². The highest BCUT2D eigenvalue weighted by Crippen LogP contribution is 2.24. The molecule has 0 unspecified atom stereocenters. The topological polar surface area (TPSA) is 73.1 Å². The maximum Gasteiger partial charge on any atom is 0.243 e. The minimum atomic E-state index is -3.49. The predicted octanol–water partition coefficient (Wildman–Crippen LogP) is 3.41. The molecule has 1 aliphatic heterocycles. The van der Waals surface area contributed by atoms with Crippen LogP contribution >= 0.6 is 11.3 Å². The van der Waals surface area contributed by atoms with Gasteiger partial charge in [-0.25, -0.2) is 13.4 Å². The highest BCUT2D eigenvalue weighted by Gasteiger charge is 2.26. The molecule has 0 bridgehead atoms. The number of nitrogens with zero attached hydrogens (tertiary/aromatic N) is 3. The van der Waals surface area contributed by atoms with E-state index in [2.05, 4.69) is 0 Å². The Kier molecular flexibility index (Phi) is 6.57. The minimum Gasteiger partial charge on any atom is -0.494 e. The summed E-state index contributed by atoms with van der Waals surface area (Å²) in [5.74, 6) is 0.824. The van der Waals surface area contributed by atoms with Gasteiger partial charge >= 0.3 is 0 Å². The average Bonchev–Trinajstić information content (AvgIpc) is 3.16. The highest BCUT2D eigenvalue weighted by molar-refractivity contribution is 7.89. The van der Waals surface area contributed by atoms with Crippen molar-refractivity contribution in [3.05, 3.63) is 58.7 Å². The number of hydrogen-bond acceptors (Lipinski definition) is 6. The number of sulfonamides is 1. The molecule has 1 aliphatic rings. The average molecular weight is 460 g/mol. The molecule has 0 spiro atoms. The van der Waals surface area contributed by atoms with E-state index in [1.807, 2.05) is 60.3 Å². The monoisotopic (exact) mass is 459 g/mol. The fraction of sp³-hybridized carbons (Fsp3) is 0.318. The third kappa shape index (κ3) is 4.74. The second-order valence-corrected chi connectivity index (χ2v) is 9.82. The number of thiazole rings is 1. The third-order valence-corrected chi connectivity index (χ3v) is 7.88. The summed E-state index contributed by atoms with van der Waals surface area (Å²) in [6.07, 6.45) is 0. The zero-order valence-corrected chi connectivity index (χ0v) is 19.2.